The van der Waals surface area contributed by atoms with Crippen LogP contribution in [-0.2, 0) is 9.53 Å². The summed E-state index contributed by atoms with van der Waals surface area (Å²) in [5.41, 5.74) is 1.77. The van der Waals surface area contributed by atoms with Crippen LogP contribution >= 0.6 is 0 Å². The molecule has 2 heterocycles. The summed E-state index contributed by atoms with van der Waals surface area (Å²) >= 11 is 0. The average molecular weight is 386 g/mol. The molecular formula is C21H30N4O3. The molecule has 1 aromatic rings. The van der Waals surface area contributed by atoms with E-state index in [1.165, 1.54) is 0 Å². The lowest BCUT2D eigenvalue weighted by Crippen LogP contribution is -2.46. The Labute approximate surface area is 166 Å². The molecule has 7 heteroatoms. The van der Waals surface area contributed by atoms with E-state index in [1.807, 2.05) is 29.2 Å². The molecule has 2 aliphatic heterocycles. The number of para-hydroxylation sites is 2. The lowest BCUT2D eigenvalue weighted by Gasteiger charge is -2.37. The third kappa shape index (κ3) is 4.09. The molecule has 4 rings (SSSR count). The van der Waals surface area contributed by atoms with Gasteiger partial charge in [-0.15, -0.1) is 0 Å². The number of amides is 3. The van der Waals surface area contributed by atoms with Crippen LogP contribution in [0.4, 0.5) is 16.2 Å². The van der Waals surface area contributed by atoms with Crippen molar-refractivity contribution in [3.63, 3.8) is 0 Å². The zero-order valence-electron chi connectivity index (χ0n) is 16.9. The predicted octanol–water partition coefficient (Wildman–Crippen LogP) is 2.43. The van der Waals surface area contributed by atoms with Gasteiger partial charge in [0.15, 0.2) is 0 Å². The number of urea groups is 1. The summed E-state index contributed by atoms with van der Waals surface area (Å²) in [5, 5.41) is 5.96. The van der Waals surface area contributed by atoms with E-state index in [0.717, 1.165) is 30.9 Å². The van der Waals surface area contributed by atoms with Gasteiger partial charge in [0.25, 0.3) is 0 Å². The van der Waals surface area contributed by atoms with Gasteiger partial charge in [-0.25, -0.2) is 4.79 Å². The molecule has 3 amide bonds. The topological polar surface area (TPSA) is 73.9 Å². The highest BCUT2D eigenvalue weighted by atomic mass is 16.5. The lowest BCUT2D eigenvalue weighted by atomic mass is 10.1. The van der Waals surface area contributed by atoms with Gasteiger partial charge in [0, 0.05) is 32.1 Å². The SMILES string of the molecule is CC1CN(c2ccccc2NC(=O)NC2CC(=O)N(C3CC3C)C2)CC(C)O1. The molecule has 0 radical (unpaired) electrons. The van der Waals surface area contributed by atoms with Crippen LogP contribution in [-0.4, -0.2) is 60.8 Å². The van der Waals surface area contributed by atoms with Gasteiger partial charge in [-0.1, -0.05) is 19.1 Å². The van der Waals surface area contributed by atoms with Gasteiger partial charge in [0.05, 0.1) is 29.6 Å². The fourth-order valence-corrected chi connectivity index (χ4v) is 4.46. The molecule has 1 saturated carbocycles. The van der Waals surface area contributed by atoms with Crippen molar-refractivity contribution < 1.29 is 14.3 Å². The Kier molecular flexibility index (Phi) is 5.19. The third-order valence-corrected chi connectivity index (χ3v) is 5.87. The highest BCUT2D eigenvalue weighted by molar-refractivity contribution is 5.94. The van der Waals surface area contributed by atoms with Crippen LogP contribution in [0.1, 0.15) is 33.6 Å². The van der Waals surface area contributed by atoms with Gasteiger partial charge in [-0.3, -0.25) is 4.79 Å². The van der Waals surface area contributed by atoms with E-state index >= 15 is 0 Å². The maximum atomic E-state index is 12.6. The minimum Gasteiger partial charge on any atom is -0.372 e. The van der Waals surface area contributed by atoms with Crippen LogP contribution in [0, 0.1) is 5.92 Å². The molecule has 3 fully saturated rings. The second-order valence-electron chi connectivity index (χ2n) is 8.51. The van der Waals surface area contributed by atoms with Gasteiger partial charge < -0.3 is 25.2 Å². The molecule has 1 aromatic carbocycles. The molecule has 3 aliphatic rings. The standard InChI is InChI=1S/C21H30N4O3/c1-13-8-19(13)25-12-16(9-20(25)26)22-21(27)23-17-6-4-5-7-18(17)24-10-14(2)28-15(3)11-24/h4-7,13-16,19H,8-12H2,1-3H3,(H2,22,23,27). The summed E-state index contributed by atoms with van der Waals surface area (Å²) in [5.74, 6) is 0.734. The van der Waals surface area contributed by atoms with Gasteiger partial charge in [0.1, 0.15) is 0 Å². The first-order chi connectivity index (χ1) is 13.4. The summed E-state index contributed by atoms with van der Waals surface area (Å²) in [6, 6.07) is 7.82. The highest BCUT2D eigenvalue weighted by Crippen LogP contribution is 2.37. The molecule has 0 spiro atoms. The van der Waals surface area contributed by atoms with Crippen LogP contribution < -0.4 is 15.5 Å². The smallest absolute Gasteiger partial charge is 0.319 e. The van der Waals surface area contributed by atoms with E-state index in [-0.39, 0.29) is 30.2 Å². The zero-order chi connectivity index (χ0) is 19.8. The van der Waals surface area contributed by atoms with Crippen molar-refractivity contribution in [2.24, 2.45) is 5.92 Å². The van der Waals surface area contributed by atoms with E-state index in [9.17, 15) is 9.59 Å². The number of hydrogen-bond acceptors (Lipinski definition) is 4. The van der Waals surface area contributed by atoms with Crippen molar-refractivity contribution in [3.8, 4) is 0 Å². The number of carbonyl (C=O) groups excluding carboxylic acids is 2. The van der Waals surface area contributed by atoms with Crippen LogP contribution in [0.2, 0.25) is 0 Å². The van der Waals surface area contributed by atoms with Gasteiger partial charge in [-0.2, -0.15) is 0 Å². The Morgan fingerprint density at radius 3 is 2.46 bits per heavy atom. The molecule has 28 heavy (non-hydrogen) atoms. The summed E-state index contributed by atoms with van der Waals surface area (Å²) in [7, 11) is 0. The maximum Gasteiger partial charge on any atom is 0.319 e. The Hall–Kier alpha value is -2.28. The molecule has 152 valence electrons. The number of morpholine rings is 1. The quantitative estimate of drug-likeness (QED) is 0.834. The molecule has 2 N–H and O–H groups in total. The number of hydrogen-bond donors (Lipinski definition) is 2. The van der Waals surface area contributed by atoms with E-state index in [0.29, 0.717) is 24.9 Å². The molecule has 5 unspecified atom stereocenters. The van der Waals surface area contributed by atoms with Crippen molar-refractivity contribution in [2.75, 3.05) is 29.9 Å². The van der Waals surface area contributed by atoms with Crippen LogP contribution in [0.15, 0.2) is 24.3 Å². The van der Waals surface area contributed by atoms with Crippen molar-refractivity contribution >= 4 is 23.3 Å². The zero-order valence-corrected chi connectivity index (χ0v) is 16.9. The fraction of sp³-hybridized carbons (Fsp3) is 0.619. The summed E-state index contributed by atoms with van der Waals surface area (Å²) < 4.78 is 5.82. The monoisotopic (exact) mass is 386 g/mol. The third-order valence-electron chi connectivity index (χ3n) is 5.87. The number of rotatable bonds is 4. The van der Waals surface area contributed by atoms with Crippen LogP contribution in [0.3, 0.4) is 0 Å². The minimum absolute atomic E-state index is 0.129. The van der Waals surface area contributed by atoms with Crippen LogP contribution in [0.5, 0.6) is 0 Å². The molecule has 7 nitrogen and oxygen atoms in total. The first-order valence-corrected chi connectivity index (χ1v) is 10.3. The number of benzene rings is 1. The van der Waals surface area contributed by atoms with E-state index in [4.69, 9.17) is 4.74 Å². The first-order valence-electron chi connectivity index (χ1n) is 10.3. The largest absolute Gasteiger partial charge is 0.372 e. The molecule has 2 saturated heterocycles. The van der Waals surface area contributed by atoms with Gasteiger partial charge in [0.2, 0.25) is 5.91 Å². The van der Waals surface area contributed by atoms with E-state index in [2.05, 4.69) is 36.3 Å². The average Bonchev–Trinajstić information content (AvgIpc) is 3.24. The van der Waals surface area contributed by atoms with Crippen molar-refractivity contribution in [1.29, 1.82) is 0 Å². The highest BCUT2D eigenvalue weighted by Gasteiger charge is 2.44. The summed E-state index contributed by atoms with van der Waals surface area (Å²) in [6.07, 6.45) is 1.75. The second kappa shape index (κ2) is 7.62. The maximum absolute atomic E-state index is 12.6. The Bertz CT molecular complexity index is 745. The number of nitrogens with zero attached hydrogens (tertiary/aromatic N) is 2. The molecule has 0 aromatic heterocycles. The van der Waals surface area contributed by atoms with Crippen molar-refractivity contribution in [1.82, 2.24) is 10.2 Å². The van der Waals surface area contributed by atoms with E-state index < -0.39 is 0 Å². The predicted molar refractivity (Wildman–Crippen MR) is 109 cm³/mol. The number of ether oxygens (including phenoxy) is 1. The fourth-order valence-electron chi connectivity index (χ4n) is 4.46. The number of likely N-dealkylation sites (tertiary alicyclic amines) is 1. The van der Waals surface area contributed by atoms with Crippen molar-refractivity contribution in [2.45, 2.75) is 57.9 Å². The second-order valence-corrected chi connectivity index (χ2v) is 8.51. The van der Waals surface area contributed by atoms with Crippen LogP contribution in [0.25, 0.3) is 0 Å². The summed E-state index contributed by atoms with van der Waals surface area (Å²) in [4.78, 5) is 29.0. The Balaban J connectivity index is 1.38. The Morgan fingerprint density at radius 1 is 1.11 bits per heavy atom. The molecule has 0 bridgehead atoms. The molecule has 1 aliphatic carbocycles. The summed E-state index contributed by atoms with van der Waals surface area (Å²) in [6.45, 7) is 8.48. The molecular weight excluding hydrogens is 356 g/mol. The van der Waals surface area contributed by atoms with Gasteiger partial charge in [-0.05, 0) is 38.3 Å². The lowest BCUT2D eigenvalue weighted by molar-refractivity contribution is -0.128. The molecule has 5 atom stereocenters. The number of anilines is 2. The van der Waals surface area contributed by atoms with Crippen molar-refractivity contribution in [3.05, 3.63) is 24.3 Å². The van der Waals surface area contributed by atoms with E-state index in [1.54, 1.807) is 0 Å². The normalized spacial score (nSPS) is 32.4. The minimum atomic E-state index is -0.259. The number of carbonyl (C=O) groups is 2. The number of nitrogens with one attached hydrogen (secondary N) is 2. The van der Waals surface area contributed by atoms with Gasteiger partial charge >= 0.3 is 6.03 Å². The first kappa shape index (κ1) is 19.1. The Morgan fingerprint density at radius 2 is 1.79 bits per heavy atom.